The first-order valence-corrected chi connectivity index (χ1v) is 10.9. The van der Waals surface area contributed by atoms with Gasteiger partial charge >= 0.3 is 12.3 Å². The number of rotatable bonds is 6. The lowest BCUT2D eigenvalue weighted by Gasteiger charge is -2.13. The Morgan fingerprint density at radius 1 is 1.31 bits per heavy atom. The number of aromatic nitrogens is 2. The smallest absolute Gasteiger partial charge is 0.267 e. The van der Waals surface area contributed by atoms with E-state index in [4.69, 9.17) is 0 Å². The molecule has 1 saturated carbocycles. The molecule has 0 aliphatic heterocycles. The lowest BCUT2D eigenvalue weighted by Crippen LogP contribution is -2.44. The van der Waals surface area contributed by atoms with E-state index in [1.54, 1.807) is 19.3 Å². The lowest BCUT2D eigenvalue weighted by molar-refractivity contribution is -0.132. The quantitative estimate of drug-likeness (QED) is 0.528. The van der Waals surface area contributed by atoms with Gasteiger partial charge in [-0.15, -0.1) is 0 Å². The van der Waals surface area contributed by atoms with Crippen LogP contribution in [-0.2, 0) is 21.4 Å². The van der Waals surface area contributed by atoms with Crippen LogP contribution in [0.4, 0.5) is 8.78 Å². The van der Waals surface area contributed by atoms with E-state index in [9.17, 15) is 26.8 Å². The second-order valence-electron chi connectivity index (χ2n) is 6.88. The fourth-order valence-electron chi connectivity index (χ4n) is 2.70. The second kappa shape index (κ2) is 7.61. The van der Waals surface area contributed by atoms with Crippen LogP contribution in [0.2, 0.25) is 0 Å². The molecular formula is C16H18BrF2N5O4S. The number of alkyl halides is 2. The number of fused-ring (bicyclic) bond motifs is 1. The zero-order valence-corrected chi connectivity index (χ0v) is 17.8. The number of hydrogen-bond donors (Lipinski definition) is 3. The van der Waals surface area contributed by atoms with E-state index in [1.165, 1.54) is 16.8 Å². The van der Waals surface area contributed by atoms with Crippen molar-refractivity contribution in [2.24, 2.45) is 0 Å². The van der Waals surface area contributed by atoms with Gasteiger partial charge in [-0.3, -0.25) is 25.1 Å². The molecule has 3 N–H and O–H groups in total. The zero-order valence-electron chi connectivity index (χ0n) is 15.4. The standard InChI is InChI=1S/C16H18BrF2N5O4S/c1-3-24-12-9(11(22-24)14(25)20-21-15(26)13(18)19)6-8(7-10(12)17)29(27,28)23-16(2)4-5-16/h6-7,13,23H,3-5H2,1-2H3,(H,20,25)(H,21,26). The predicted octanol–water partition coefficient (Wildman–Crippen LogP) is 1.68. The molecule has 0 bridgehead atoms. The highest BCUT2D eigenvalue weighted by Crippen LogP contribution is 2.37. The number of halogens is 3. The van der Waals surface area contributed by atoms with Gasteiger partial charge in [-0.25, -0.2) is 13.1 Å². The van der Waals surface area contributed by atoms with Crippen LogP contribution in [0.15, 0.2) is 21.5 Å². The minimum absolute atomic E-state index is 0.0775. The molecule has 0 saturated heterocycles. The van der Waals surface area contributed by atoms with Crippen molar-refractivity contribution in [2.75, 3.05) is 0 Å². The number of carbonyl (C=O) groups excluding carboxylic acids is 2. The maximum absolute atomic E-state index is 12.7. The fraction of sp³-hybridized carbons (Fsp3) is 0.438. The summed E-state index contributed by atoms with van der Waals surface area (Å²) in [4.78, 5) is 23.3. The number of benzene rings is 1. The van der Waals surface area contributed by atoms with Crippen LogP contribution in [0, 0.1) is 0 Å². The Kier molecular flexibility index (Phi) is 5.66. The maximum Gasteiger partial charge on any atom is 0.317 e. The molecule has 158 valence electrons. The van der Waals surface area contributed by atoms with Gasteiger partial charge in [0.05, 0.1) is 10.4 Å². The summed E-state index contributed by atoms with van der Waals surface area (Å²) in [5.41, 5.74) is 3.20. The van der Waals surface area contributed by atoms with Gasteiger partial charge in [0.15, 0.2) is 5.69 Å². The summed E-state index contributed by atoms with van der Waals surface area (Å²) < 4.78 is 54.5. The van der Waals surface area contributed by atoms with Gasteiger partial charge in [-0.05, 0) is 54.8 Å². The van der Waals surface area contributed by atoms with Crippen molar-refractivity contribution in [3.05, 3.63) is 22.3 Å². The number of nitrogens with one attached hydrogen (secondary N) is 3. The first-order valence-electron chi connectivity index (χ1n) is 8.60. The molecule has 13 heteroatoms. The van der Waals surface area contributed by atoms with Crippen molar-refractivity contribution in [1.82, 2.24) is 25.4 Å². The molecule has 0 spiro atoms. The number of aryl methyl sites for hydroxylation is 1. The van der Waals surface area contributed by atoms with Crippen LogP contribution in [0.5, 0.6) is 0 Å². The first kappa shape index (κ1) is 21.6. The Morgan fingerprint density at radius 3 is 2.52 bits per heavy atom. The van der Waals surface area contributed by atoms with Gasteiger partial charge in [-0.2, -0.15) is 13.9 Å². The summed E-state index contributed by atoms with van der Waals surface area (Å²) >= 11 is 3.32. The fourth-order valence-corrected chi connectivity index (χ4v) is 5.03. The third-order valence-corrected chi connectivity index (χ3v) is 6.70. The first-order chi connectivity index (χ1) is 13.5. The molecule has 1 aliphatic carbocycles. The van der Waals surface area contributed by atoms with Crippen molar-refractivity contribution < 1.29 is 26.8 Å². The van der Waals surface area contributed by atoms with Crippen molar-refractivity contribution in [3.63, 3.8) is 0 Å². The molecule has 1 aliphatic rings. The molecule has 1 aromatic heterocycles. The van der Waals surface area contributed by atoms with E-state index < -0.39 is 33.8 Å². The number of sulfonamides is 1. The van der Waals surface area contributed by atoms with Gasteiger partial charge in [0.2, 0.25) is 10.0 Å². The van der Waals surface area contributed by atoms with Gasteiger partial charge in [0, 0.05) is 21.9 Å². The molecule has 9 nitrogen and oxygen atoms in total. The monoisotopic (exact) mass is 493 g/mol. The molecule has 0 atom stereocenters. The Bertz CT molecular complexity index is 1100. The predicted molar refractivity (Wildman–Crippen MR) is 103 cm³/mol. The minimum Gasteiger partial charge on any atom is -0.267 e. The average molecular weight is 494 g/mol. The summed E-state index contributed by atoms with van der Waals surface area (Å²) in [5, 5.41) is 4.31. The summed E-state index contributed by atoms with van der Waals surface area (Å²) in [6.07, 6.45) is -1.86. The summed E-state index contributed by atoms with van der Waals surface area (Å²) in [6, 6.07) is 2.70. The molecule has 3 rings (SSSR count). The van der Waals surface area contributed by atoms with E-state index in [1.807, 2.05) is 5.43 Å². The van der Waals surface area contributed by atoms with Crippen LogP contribution in [0.25, 0.3) is 10.9 Å². The average Bonchev–Trinajstić information content (AvgIpc) is 3.22. The van der Waals surface area contributed by atoms with Crippen molar-refractivity contribution >= 4 is 48.7 Å². The molecule has 1 aromatic carbocycles. The van der Waals surface area contributed by atoms with Gasteiger partial charge < -0.3 is 0 Å². The SMILES string of the molecule is CCn1nc(C(=O)NNC(=O)C(F)F)c2cc(S(=O)(=O)NC3(C)CC3)cc(Br)c21. The third-order valence-electron chi connectivity index (χ3n) is 4.47. The van der Waals surface area contributed by atoms with Crippen LogP contribution < -0.4 is 15.6 Å². The molecule has 0 unspecified atom stereocenters. The van der Waals surface area contributed by atoms with E-state index in [-0.39, 0.29) is 16.0 Å². The van der Waals surface area contributed by atoms with Gasteiger partial charge in [0.1, 0.15) is 0 Å². The Morgan fingerprint density at radius 2 is 1.97 bits per heavy atom. The van der Waals surface area contributed by atoms with Crippen LogP contribution in [-0.4, -0.2) is 42.0 Å². The molecule has 1 fully saturated rings. The Balaban J connectivity index is 2.03. The Labute approximate surface area is 173 Å². The highest BCUT2D eigenvalue weighted by atomic mass is 79.9. The van der Waals surface area contributed by atoms with E-state index >= 15 is 0 Å². The van der Waals surface area contributed by atoms with Crippen molar-refractivity contribution in [2.45, 2.75) is 50.1 Å². The summed E-state index contributed by atoms with van der Waals surface area (Å²) in [7, 11) is -3.86. The van der Waals surface area contributed by atoms with Crippen LogP contribution >= 0.6 is 15.9 Å². The van der Waals surface area contributed by atoms with Crippen LogP contribution in [0.3, 0.4) is 0 Å². The maximum atomic E-state index is 12.7. The van der Waals surface area contributed by atoms with Crippen LogP contribution in [0.1, 0.15) is 37.2 Å². The number of hydrazine groups is 1. The molecular weight excluding hydrogens is 476 g/mol. The minimum atomic E-state index is -3.86. The highest BCUT2D eigenvalue weighted by Gasteiger charge is 2.41. The number of carbonyl (C=O) groups is 2. The molecule has 1 heterocycles. The highest BCUT2D eigenvalue weighted by molar-refractivity contribution is 9.10. The van der Waals surface area contributed by atoms with Crippen molar-refractivity contribution in [3.8, 4) is 0 Å². The third kappa shape index (κ3) is 4.41. The molecule has 29 heavy (non-hydrogen) atoms. The Hall–Kier alpha value is -2.12. The second-order valence-corrected chi connectivity index (χ2v) is 9.41. The van der Waals surface area contributed by atoms with E-state index in [0.717, 1.165) is 12.8 Å². The lowest BCUT2D eigenvalue weighted by atomic mass is 10.2. The summed E-state index contributed by atoms with van der Waals surface area (Å²) in [6.45, 7) is 3.91. The molecule has 2 aromatic rings. The number of nitrogens with zero attached hydrogens (tertiary/aromatic N) is 2. The zero-order chi connectivity index (χ0) is 21.6. The van der Waals surface area contributed by atoms with E-state index in [2.05, 4.69) is 25.8 Å². The molecule has 0 radical (unpaired) electrons. The summed E-state index contributed by atoms with van der Waals surface area (Å²) in [5.74, 6) is -2.64. The largest absolute Gasteiger partial charge is 0.317 e. The van der Waals surface area contributed by atoms with E-state index in [0.29, 0.717) is 16.5 Å². The number of hydrogen-bond acceptors (Lipinski definition) is 5. The number of amides is 2. The normalized spacial score (nSPS) is 15.5. The van der Waals surface area contributed by atoms with Crippen molar-refractivity contribution in [1.29, 1.82) is 0 Å². The topological polar surface area (TPSA) is 122 Å². The van der Waals surface area contributed by atoms with Gasteiger partial charge in [0.25, 0.3) is 5.91 Å². The van der Waals surface area contributed by atoms with Gasteiger partial charge in [-0.1, -0.05) is 0 Å². The molecule has 2 amide bonds.